The average Bonchev–Trinajstić information content (AvgIpc) is 2.73. The highest BCUT2D eigenvalue weighted by molar-refractivity contribution is 5.86. The molecule has 2 heterocycles. The molecule has 6 heteroatoms. The highest BCUT2D eigenvalue weighted by Gasteiger charge is 2.40. The first-order valence-corrected chi connectivity index (χ1v) is 7.29. The number of hydrogen-bond donors (Lipinski definition) is 1. The zero-order valence-corrected chi connectivity index (χ0v) is 14.4. The number of fused-ring (bicyclic) bond motifs is 1. The normalized spacial score (nSPS) is 28.9. The van der Waals surface area contributed by atoms with Gasteiger partial charge in [0.1, 0.15) is 0 Å². The molecule has 0 aliphatic carbocycles. The SMILES string of the molecule is CCCC(C)(N)C(=O)N1CC2CCCN2CC1C.Cl.Cl. The number of hydrogen-bond acceptors (Lipinski definition) is 3. The molecular weight excluding hydrogens is 297 g/mol. The number of halogens is 2. The fourth-order valence-electron chi connectivity index (χ4n) is 3.42. The topological polar surface area (TPSA) is 49.6 Å². The van der Waals surface area contributed by atoms with Crippen molar-refractivity contribution in [2.75, 3.05) is 19.6 Å². The van der Waals surface area contributed by atoms with Crippen LogP contribution in [0.1, 0.15) is 46.5 Å². The number of nitrogens with two attached hydrogens (primary N) is 1. The maximum Gasteiger partial charge on any atom is 0.242 e. The number of carbonyl (C=O) groups excluding carboxylic acids is 1. The van der Waals surface area contributed by atoms with Crippen molar-refractivity contribution < 1.29 is 4.79 Å². The summed E-state index contributed by atoms with van der Waals surface area (Å²) in [6, 6.07) is 0.870. The van der Waals surface area contributed by atoms with Crippen molar-refractivity contribution >= 4 is 30.7 Å². The number of rotatable bonds is 3. The molecule has 20 heavy (non-hydrogen) atoms. The zero-order valence-electron chi connectivity index (χ0n) is 12.8. The van der Waals surface area contributed by atoms with E-state index in [-0.39, 0.29) is 30.7 Å². The van der Waals surface area contributed by atoms with Crippen LogP contribution >= 0.6 is 24.8 Å². The minimum Gasteiger partial charge on any atom is -0.336 e. The third-order valence-electron chi connectivity index (χ3n) is 4.46. The molecule has 2 aliphatic rings. The van der Waals surface area contributed by atoms with Crippen molar-refractivity contribution in [3.05, 3.63) is 0 Å². The Morgan fingerprint density at radius 3 is 2.60 bits per heavy atom. The molecule has 0 aromatic rings. The van der Waals surface area contributed by atoms with Gasteiger partial charge in [-0.05, 0) is 39.7 Å². The van der Waals surface area contributed by atoms with Gasteiger partial charge in [-0.1, -0.05) is 13.3 Å². The van der Waals surface area contributed by atoms with E-state index in [1.54, 1.807) is 0 Å². The van der Waals surface area contributed by atoms with Gasteiger partial charge in [0.25, 0.3) is 0 Å². The monoisotopic (exact) mass is 325 g/mol. The molecule has 4 nitrogen and oxygen atoms in total. The Labute approximate surface area is 135 Å². The first-order chi connectivity index (χ1) is 8.45. The molecule has 1 amide bonds. The molecule has 3 unspecified atom stereocenters. The van der Waals surface area contributed by atoms with Gasteiger partial charge in [-0.25, -0.2) is 0 Å². The maximum absolute atomic E-state index is 12.6. The number of carbonyl (C=O) groups is 1. The van der Waals surface area contributed by atoms with Gasteiger partial charge in [-0.3, -0.25) is 9.69 Å². The second-order valence-corrected chi connectivity index (χ2v) is 6.26. The first kappa shape index (κ1) is 20.0. The molecule has 3 atom stereocenters. The second-order valence-electron chi connectivity index (χ2n) is 6.26. The van der Waals surface area contributed by atoms with Gasteiger partial charge >= 0.3 is 0 Å². The molecule has 0 saturated carbocycles. The number of piperazine rings is 1. The van der Waals surface area contributed by atoms with E-state index in [4.69, 9.17) is 5.73 Å². The Hall–Kier alpha value is -0.0300. The maximum atomic E-state index is 12.6. The van der Waals surface area contributed by atoms with E-state index in [1.165, 1.54) is 19.4 Å². The van der Waals surface area contributed by atoms with Gasteiger partial charge in [0.05, 0.1) is 5.54 Å². The van der Waals surface area contributed by atoms with Crippen LogP contribution in [0.3, 0.4) is 0 Å². The lowest BCUT2D eigenvalue weighted by Crippen LogP contribution is -2.63. The average molecular weight is 326 g/mol. The molecule has 2 rings (SSSR count). The fraction of sp³-hybridized carbons (Fsp3) is 0.929. The first-order valence-electron chi connectivity index (χ1n) is 7.29. The molecule has 2 saturated heterocycles. The van der Waals surface area contributed by atoms with E-state index in [0.29, 0.717) is 12.1 Å². The van der Waals surface area contributed by atoms with Crippen molar-refractivity contribution in [1.82, 2.24) is 9.80 Å². The molecular formula is C14H29Cl2N3O. The molecule has 120 valence electrons. The minimum absolute atomic E-state index is 0. The summed E-state index contributed by atoms with van der Waals surface area (Å²) in [5, 5.41) is 0. The molecule has 0 aromatic heterocycles. The van der Waals surface area contributed by atoms with E-state index < -0.39 is 5.54 Å². The van der Waals surface area contributed by atoms with Crippen molar-refractivity contribution in [1.29, 1.82) is 0 Å². The molecule has 0 bridgehead atoms. The van der Waals surface area contributed by atoms with Crippen LogP contribution in [-0.4, -0.2) is 53.0 Å². The van der Waals surface area contributed by atoms with Gasteiger partial charge in [0.15, 0.2) is 0 Å². The summed E-state index contributed by atoms with van der Waals surface area (Å²) in [5.41, 5.74) is 5.51. The van der Waals surface area contributed by atoms with E-state index in [1.807, 2.05) is 11.8 Å². The smallest absolute Gasteiger partial charge is 0.242 e. The Morgan fingerprint density at radius 2 is 2.00 bits per heavy atom. The van der Waals surface area contributed by atoms with Crippen molar-refractivity contribution in [3.8, 4) is 0 Å². The standard InChI is InChI=1S/C14H27N3O.2ClH/c1-4-7-14(3,15)13(18)17-10-12-6-5-8-16(12)9-11(17)2;;/h11-12H,4-10,15H2,1-3H3;2*1H. The van der Waals surface area contributed by atoms with E-state index >= 15 is 0 Å². The van der Waals surface area contributed by atoms with Crippen molar-refractivity contribution in [3.63, 3.8) is 0 Å². The molecule has 2 aliphatic heterocycles. The van der Waals surface area contributed by atoms with Crippen LogP contribution in [0.25, 0.3) is 0 Å². The van der Waals surface area contributed by atoms with E-state index in [9.17, 15) is 4.79 Å². The predicted molar refractivity (Wildman–Crippen MR) is 87.8 cm³/mol. The summed E-state index contributed by atoms with van der Waals surface area (Å²) < 4.78 is 0. The summed E-state index contributed by atoms with van der Waals surface area (Å²) >= 11 is 0. The summed E-state index contributed by atoms with van der Waals surface area (Å²) in [4.78, 5) is 17.2. The van der Waals surface area contributed by atoms with Crippen LogP contribution in [0.2, 0.25) is 0 Å². The highest BCUT2D eigenvalue weighted by Crippen LogP contribution is 2.26. The molecule has 0 spiro atoms. The Balaban J connectivity index is 0.00000180. The Kier molecular flexibility index (Phi) is 7.82. The van der Waals surface area contributed by atoms with Crippen LogP contribution in [0.15, 0.2) is 0 Å². The summed E-state index contributed by atoms with van der Waals surface area (Å²) in [6.07, 6.45) is 4.22. The summed E-state index contributed by atoms with van der Waals surface area (Å²) in [7, 11) is 0. The third kappa shape index (κ3) is 4.00. The van der Waals surface area contributed by atoms with Crippen molar-refractivity contribution in [2.24, 2.45) is 5.73 Å². The summed E-state index contributed by atoms with van der Waals surface area (Å²) in [5.74, 6) is 0.142. The fourth-order valence-corrected chi connectivity index (χ4v) is 3.42. The van der Waals surface area contributed by atoms with Crippen LogP contribution in [-0.2, 0) is 4.79 Å². The Bertz CT molecular complexity index is 326. The molecule has 2 fully saturated rings. The lowest BCUT2D eigenvalue weighted by atomic mass is 9.94. The van der Waals surface area contributed by atoms with Crippen molar-refractivity contribution in [2.45, 2.75) is 64.1 Å². The third-order valence-corrected chi connectivity index (χ3v) is 4.46. The predicted octanol–water partition coefficient (Wildman–Crippen LogP) is 2.04. The van der Waals surface area contributed by atoms with Gasteiger partial charge < -0.3 is 10.6 Å². The lowest BCUT2D eigenvalue weighted by Gasteiger charge is -2.44. The van der Waals surface area contributed by atoms with Gasteiger partial charge in [-0.15, -0.1) is 24.8 Å². The number of amides is 1. The van der Waals surface area contributed by atoms with E-state index in [2.05, 4.69) is 18.7 Å². The lowest BCUT2D eigenvalue weighted by molar-refractivity contribution is -0.142. The van der Waals surface area contributed by atoms with Gasteiger partial charge in [0.2, 0.25) is 5.91 Å². The van der Waals surface area contributed by atoms with Gasteiger partial charge in [-0.2, -0.15) is 0 Å². The minimum atomic E-state index is -0.691. The molecule has 0 aromatic carbocycles. The van der Waals surface area contributed by atoms with Crippen LogP contribution in [0.5, 0.6) is 0 Å². The highest BCUT2D eigenvalue weighted by atomic mass is 35.5. The molecule has 0 radical (unpaired) electrons. The van der Waals surface area contributed by atoms with Crippen LogP contribution in [0, 0.1) is 0 Å². The zero-order chi connectivity index (χ0) is 13.3. The number of nitrogens with zero attached hydrogens (tertiary/aromatic N) is 2. The Morgan fingerprint density at radius 1 is 1.35 bits per heavy atom. The molecule has 2 N–H and O–H groups in total. The van der Waals surface area contributed by atoms with Crippen LogP contribution < -0.4 is 5.73 Å². The van der Waals surface area contributed by atoms with Gasteiger partial charge in [0, 0.05) is 25.2 Å². The quantitative estimate of drug-likeness (QED) is 0.863. The van der Waals surface area contributed by atoms with Crippen LogP contribution in [0.4, 0.5) is 0 Å². The largest absolute Gasteiger partial charge is 0.336 e. The summed E-state index contributed by atoms with van der Waals surface area (Å²) in [6.45, 7) is 9.19. The second kappa shape index (κ2) is 7.83. The van der Waals surface area contributed by atoms with E-state index in [0.717, 1.165) is 25.9 Å².